The molecule has 7 heteroatoms. The van der Waals surface area contributed by atoms with Gasteiger partial charge < -0.3 is 15.2 Å². The Bertz CT molecular complexity index is 558. The minimum atomic E-state index is -0.944. The molecule has 0 spiro atoms. The molecule has 2 rings (SSSR count). The molecule has 2 N–H and O–H groups in total. The molecule has 1 amide bonds. The van der Waals surface area contributed by atoms with Crippen LogP contribution in [-0.2, 0) is 9.53 Å². The Balaban J connectivity index is 2.05. The maximum absolute atomic E-state index is 12.1. The van der Waals surface area contributed by atoms with Gasteiger partial charge in [0, 0.05) is 28.9 Å². The van der Waals surface area contributed by atoms with E-state index in [9.17, 15) is 14.7 Å². The minimum absolute atomic E-state index is 0.0914. The molecular formula is C14H15ClINO4. The first-order valence-corrected chi connectivity index (χ1v) is 7.95. The lowest BCUT2D eigenvalue weighted by Gasteiger charge is -2.33. The highest BCUT2D eigenvalue weighted by Crippen LogP contribution is 2.30. The molecule has 1 aromatic rings. The zero-order valence-corrected chi connectivity index (χ0v) is 14.1. The van der Waals surface area contributed by atoms with E-state index in [2.05, 4.69) is 27.9 Å². The summed E-state index contributed by atoms with van der Waals surface area (Å²) in [5.74, 6) is -1.22. The van der Waals surface area contributed by atoms with Gasteiger partial charge in [-0.05, 0) is 53.6 Å². The number of rotatable bonds is 4. The van der Waals surface area contributed by atoms with Crippen molar-refractivity contribution < 1.29 is 19.4 Å². The lowest BCUT2D eigenvalue weighted by molar-refractivity contribution is -0.154. The van der Waals surface area contributed by atoms with Crippen molar-refractivity contribution in [3.63, 3.8) is 0 Å². The third-order valence-corrected chi connectivity index (χ3v) is 5.24. The molecule has 0 aromatic heterocycles. The summed E-state index contributed by atoms with van der Waals surface area (Å²) < 4.78 is 6.06. The average Bonchev–Trinajstić information content (AvgIpc) is 2.48. The molecule has 0 radical (unpaired) electrons. The number of carbonyl (C=O) groups excluding carboxylic acids is 1. The topological polar surface area (TPSA) is 75.6 Å². The Morgan fingerprint density at radius 3 is 2.62 bits per heavy atom. The summed E-state index contributed by atoms with van der Waals surface area (Å²) >= 11 is 8.06. The van der Waals surface area contributed by atoms with Gasteiger partial charge >= 0.3 is 5.97 Å². The number of benzene rings is 1. The Morgan fingerprint density at radius 2 is 2.05 bits per heavy atom. The molecule has 1 aliphatic rings. The van der Waals surface area contributed by atoms with Crippen LogP contribution in [-0.4, -0.2) is 36.7 Å². The molecule has 1 aliphatic heterocycles. The predicted molar refractivity (Wildman–Crippen MR) is 86.6 cm³/mol. The summed E-state index contributed by atoms with van der Waals surface area (Å²) in [7, 11) is 0. The molecule has 114 valence electrons. The number of nitrogens with one attached hydrogen (secondary N) is 1. The second kappa shape index (κ2) is 6.93. The number of ether oxygens (including phenoxy) is 1. The molecular weight excluding hydrogens is 409 g/mol. The number of amides is 1. The van der Waals surface area contributed by atoms with Crippen molar-refractivity contribution in [1.82, 2.24) is 5.32 Å². The van der Waals surface area contributed by atoms with Gasteiger partial charge in [0.25, 0.3) is 5.91 Å². The number of aliphatic carboxylic acids is 1. The van der Waals surface area contributed by atoms with Crippen LogP contribution >= 0.6 is 34.2 Å². The van der Waals surface area contributed by atoms with Crippen molar-refractivity contribution in [2.24, 2.45) is 5.41 Å². The Morgan fingerprint density at radius 1 is 1.38 bits per heavy atom. The van der Waals surface area contributed by atoms with Crippen LogP contribution < -0.4 is 5.32 Å². The highest BCUT2D eigenvalue weighted by Gasteiger charge is 2.40. The van der Waals surface area contributed by atoms with Gasteiger partial charge in [0.05, 0.1) is 10.4 Å². The van der Waals surface area contributed by atoms with E-state index in [0.717, 1.165) is 3.57 Å². The Kier molecular flexibility index (Phi) is 5.45. The summed E-state index contributed by atoms with van der Waals surface area (Å²) in [6, 6.07) is 5.00. The second-order valence-electron chi connectivity index (χ2n) is 5.01. The van der Waals surface area contributed by atoms with Crippen LogP contribution in [0.2, 0.25) is 5.02 Å². The van der Waals surface area contributed by atoms with E-state index in [1.165, 1.54) is 0 Å². The number of carbonyl (C=O) groups is 2. The zero-order valence-electron chi connectivity index (χ0n) is 11.2. The van der Waals surface area contributed by atoms with Crippen LogP contribution in [0, 0.1) is 8.99 Å². The van der Waals surface area contributed by atoms with E-state index in [4.69, 9.17) is 16.3 Å². The first-order valence-electron chi connectivity index (χ1n) is 6.49. The fourth-order valence-electron chi connectivity index (χ4n) is 2.22. The third kappa shape index (κ3) is 3.87. The molecule has 0 saturated carbocycles. The quantitative estimate of drug-likeness (QED) is 0.730. The van der Waals surface area contributed by atoms with Crippen molar-refractivity contribution in [2.75, 3.05) is 19.8 Å². The van der Waals surface area contributed by atoms with Crippen molar-refractivity contribution in [1.29, 1.82) is 0 Å². The molecule has 0 aliphatic carbocycles. The molecule has 5 nitrogen and oxygen atoms in total. The molecule has 21 heavy (non-hydrogen) atoms. The first kappa shape index (κ1) is 16.5. The van der Waals surface area contributed by atoms with Crippen LogP contribution in [0.4, 0.5) is 0 Å². The maximum Gasteiger partial charge on any atom is 0.311 e. The summed E-state index contributed by atoms with van der Waals surface area (Å²) in [6.07, 6.45) is 0.798. The number of carboxylic acid groups (broad SMARTS) is 1. The van der Waals surface area contributed by atoms with Gasteiger partial charge in [-0.15, -0.1) is 0 Å². The molecule has 1 aromatic carbocycles. The second-order valence-corrected chi connectivity index (χ2v) is 6.58. The van der Waals surface area contributed by atoms with E-state index in [0.29, 0.717) is 36.6 Å². The van der Waals surface area contributed by atoms with Crippen LogP contribution in [0.3, 0.4) is 0 Å². The third-order valence-electron chi connectivity index (χ3n) is 3.67. The monoisotopic (exact) mass is 423 g/mol. The summed E-state index contributed by atoms with van der Waals surface area (Å²) in [5, 5.41) is 12.6. The van der Waals surface area contributed by atoms with Crippen LogP contribution in [0.15, 0.2) is 18.2 Å². The first-order chi connectivity index (χ1) is 9.94. The van der Waals surface area contributed by atoms with Crippen molar-refractivity contribution in [3.05, 3.63) is 32.4 Å². The van der Waals surface area contributed by atoms with Gasteiger partial charge in [0.1, 0.15) is 0 Å². The maximum atomic E-state index is 12.1. The van der Waals surface area contributed by atoms with E-state index in [1.54, 1.807) is 18.2 Å². The van der Waals surface area contributed by atoms with Crippen LogP contribution in [0.25, 0.3) is 0 Å². The number of halogens is 2. The molecule has 0 atom stereocenters. The normalized spacial score (nSPS) is 17.2. The Hall–Kier alpha value is -0.860. The largest absolute Gasteiger partial charge is 0.481 e. The smallest absolute Gasteiger partial charge is 0.311 e. The van der Waals surface area contributed by atoms with E-state index >= 15 is 0 Å². The zero-order chi connectivity index (χ0) is 15.5. The summed E-state index contributed by atoms with van der Waals surface area (Å²) in [4.78, 5) is 23.6. The Labute approximate surface area is 141 Å². The average molecular weight is 424 g/mol. The molecule has 0 bridgehead atoms. The van der Waals surface area contributed by atoms with Crippen LogP contribution in [0.5, 0.6) is 0 Å². The molecule has 1 saturated heterocycles. The fraction of sp³-hybridized carbons (Fsp3) is 0.429. The van der Waals surface area contributed by atoms with E-state index in [1.807, 2.05) is 0 Å². The van der Waals surface area contributed by atoms with Crippen molar-refractivity contribution in [3.8, 4) is 0 Å². The van der Waals surface area contributed by atoms with Crippen LogP contribution in [0.1, 0.15) is 23.2 Å². The lowest BCUT2D eigenvalue weighted by atomic mass is 9.80. The van der Waals surface area contributed by atoms with Gasteiger partial charge in [0.2, 0.25) is 0 Å². The van der Waals surface area contributed by atoms with E-state index < -0.39 is 11.4 Å². The lowest BCUT2D eigenvalue weighted by Crippen LogP contribution is -2.46. The van der Waals surface area contributed by atoms with Gasteiger partial charge in [0.15, 0.2) is 0 Å². The van der Waals surface area contributed by atoms with Gasteiger partial charge in [-0.25, -0.2) is 0 Å². The predicted octanol–water partition coefficient (Wildman–Crippen LogP) is 2.56. The highest BCUT2D eigenvalue weighted by atomic mass is 127. The highest BCUT2D eigenvalue weighted by molar-refractivity contribution is 14.1. The molecule has 1 fully saturated rings. The number of hydrogen-bond donors (Lipinski definition) is 2. The number of hydrogen-bond acceptors (Lipinski definition) is 3. The van der Waals surface area contributed by atoms with Crippen molar-refractivity contribution in [2.45, 2.75) is 12.8 Å². The van der Waals surface area contributed by atoms with Gasteiger partial charge in [-0.3, -0.25) is 9.59 Å². The van der Waals surface area contributed by atoms with E-state index in [-0.39, 0.29) is 12.5 Å². The fourth-order valence-corrected chi connectivity index (χ4v) is 2.73. The molecule has 0 unspecified atom stereocenters. The standard InChI is InChI=1S/C14H15ClINO4/c15-10-7-9(1-2-11(10)16)12(18)17-8-14(13(19)20)3-5-21-6-4-14/h1-2,7H,3-6,8H2,(H,17,18)(H,19,20). The van der Waals surface area contributed by atoms with Gasteiger partial charge in [-0.1, -0.05) is 11.6 Å². The SMILES string of the molecule is O=C(NCC1(C(=O)O)CCOCC1)c1ccc(I)c(Cl)c1. The minimum Gasteiger partial charge on any atom is -0.481 e. The summed E-state index contributed by atoms with van der Waals surface area (Å²) in [6.45, 7) is 0.892. The van der Waals surface area contributed by atoms with Crippen molar-refractivity contribution >= 4 is 46.1 Å². The molecule has 1 heterocycles. The summed E-state index contributed by atoms with van der Waals surface area (Å²) in [5.41, 5.74) is -0.519. The van der Waals surface area contributed by atoms with Gasteiger partial charge in [-0.2, -0.15) is 0 Å². The number of carboxylic acids is 1.